The third kappa shape index (κ3) is 8.32. The van der Waals surface area contributed by atoms with E-state index in [1.807, 2.05) is 11.3 Å². The molecule has 2 aromatic carbocycles. The average Bonchev–Trinajstić information content (AvgIpc) is 3.21. The molecule has 30 heavy (non-hydrogen) atoms. The molecule has 0 saturated heterocycles. The number of hydrogen-bond donors (Lipinski definition) is 0. The highest BCUT2D eigenvalue weighted by Crippen LogP contribution is 2.17. The lowest BCUT2D eigenvalue weighted by molar-refractivity contribution is 0.284. The first-order valence-electron chi connectivity index (χ1n) is 10.9. The van der Waals surface area contributed by atoms with E-state index in [2.05, 4.69) is 109 Å². The Balaban J connectivity index is 1.58. The Kier molecular flexibility index (Phi) is 8.51. The van der Waals surface area contributed by atoms with E-state index < -0.39 is 8.07 Å². The van der Waals surface area contributed by atoms with Gasteiger partial charge in [-0.3, -0.25) is 0 Å². The van der Waals surface area contributed by atoms with Gasteiger partial charge in [-0.25, -0.2) is 0 Å². The quantitative estimate of drug-likeness (QED) is 0.283. The molecule has 1 heterocycles. The molecule has 0 N–H and O–H groups in total. The van der Waals surface area contributed by atoms with Crippen molar-refractivity contribution in [2.45, 2.75) is 38.9 Å². The molecular formula is C27H33NSSi. The van der Waals surface area contributed by atoms with Crippen LogP contribution in [0.3, 0.4) is 0 Å². The summed E-state index contributed by atoms with van der Waals surface area (Å²) in [6.07, 6.45) is 3.31. The van der Waals surface area contributed by atoms with Crippen LogP contribution >= 0.6 is 11.3 Å². The Hall–Kier alpha value is -2.12. The number of thiophene rings is 1. The number of benzene rings is 2. The Morgan fingerprint density at radius 3 is 1.77 bits per heavy atom. The highest BCUT2D eigenvalue weighted by atomic mass is 32.1. The SMILES string of the molecule is C[Si](C)(C)C#Cc1ccc(CCN(CCc2ccccc2)CCc2ccccc2)s1. The molecule has 3 heteroatoms. The van der Waals surface area contributed by atoms with E-state index in [1.54, 1.807) is 0 Å². The molecule has 0 unspecified atom stereocenters. The van der Waals surface area contributed by atoms with Crippen molar-refractivity contribution in [2.75, 3.05) is 19.6 Å². The van der Waals surface area contributed by atoms with Crippen molar-refractivity contribution in [3.63, 3.8) is 0 Å². The van der Waals surface area contributed by atoms with Crippen LogP contribution in [0.1, 0.15) is 20.9 Å². The summed E-state index contributed by atoms with van der Waals surface area (Å²) in [6.45, 7) is 10.2. The predicted octanol–water partition coefficient (Wildman–Crippen LogP) is 6.31. The molecule has 3 aromatic rings. The van der Waals surface area contributed by atoms with Crippen molar-refractivity contribution in [2.24, 2.45) is 0 Å². The first-order chi connectivity index (χ1) is 14.5. The lowest BCUT2D eigenvalue weighted by Gasteiger charge is -2.22. The topological polar surface area (TPSA) is 3.24 Å². The van der Waals surface area contributed by atoms with Gasteiger partial charge in [-0.2, -0.15) is 0 Å². The molecule has 0 aliphatic carbocycles. The van der Waals surface area contributed by atoms with Crippen LogP contribution in [-0.4, -0.2) is 32.6 Å². The van der Waals surface area contributed by atoms with Gasteiger partial charge in [0.15, 0.2) is 0 Å². The van der Waals surface area contributed by atoms with E-state index in [0.717, 1.165) is 38.9 Å². The predicted molar refractivity (Wildman–Crippen MR) is 135 cm³/mol. The smallest absolute Gasteiger partial charge is 0.129 e. The standard InChI is InChI=1S/C27H33NSSi/c1-30(2,3)23-19-27-15-14-26(29-27)18-22-28(20-16-24-10-6-4-7-11-24)21-17-25-12-8-5-9-13-25/h4-15H,16-18,20-22H2,1-3H3. The number of rotatable bonds is 9. The highest BCUT2D eigenvalue weighted by molar-refractivity contribution is 7.12. The maximum absolute atomic E-state index is 3.48. The molecular weight excluding hydrogens is 398 g/mol. The molecule has 3 rings (SSSR count). The van der Waals surface area contributed by atoms with Gasteiger partial charge in [-0.05, 0) is 42.5 Å². The molecule has 0 aliphatic rings. The fourth-order valence-corrected chi connectivity index (χ4v) is 4.75. The summed E-state index contributed by atoms with van der Waals surface area (Å²) in [5.74, 6) is 3.40. The van der Waals surface area contributed by atoms with E-state index in [-0.39, 0.29) is 0 Å². The monoisotopic (exact) mass is 431 g/mol. The van der Waals surface area contributed by atoms with Gasteiger partial charge < -0.3 is 4.90 Å². The third-order valence-electron chi connectivity index (χ3n) is 5.02. The molecule has 0 amide bonds. The van der Waals surface area contributed by atoms with Gasteiger partial charge in [0.2, 0.25) is 0 Å². The van der Waals surface area contributed by atoms with Crippen molar-refractivity contribution in [3.8, 4) is 11.5 Å². The van der Waals surface area contributed by atoms with Gasteiger partial charge in [0.25, 0.3) is 0 Å². The minimum atomic E-state index is -1.32. The van der Waals surface area contributed by atoms with Gasteiger partial charge >= 0.3 is 0 Å². The maximum atomic E-state index is 3.48. The van der Waals surface area contributed by atoms with Gasteiger partial charge in [0, 0.05) is 24.5 Å². The van der Waals surface area contributed by atoms with Crippen molar-refractivity contribution in [3.05, 3.63) is 93.7 Å². The van der Waals surface area contributed by atoms with E-state index in [0.29, 0.717) is 0 Å². The van der Waals surface area contributed by atoms with Gasteiger partial charge in [-0.15, -0.1) is 16.9 Å². The molecule has 0 fully saturated rings. The molecule has 0 spiro atoms. The molecule has 1 nitrogen and oxygen atoms in total. The van der Waals surface area contributed by atoms with Crippen LogP contribution in [-0.2, 0) is 19.3 Å². The zero-order valence-corrected chi connectivity index (χ0v) is 20.3. The third-order valence-corrected chi connectivity index (χ3v) is 6.95. The van der Waals surface area contributed by atoms with Crippen LogP contribution < -0.4 is 0 Å². The summed E-state index contributed by atoms with van der Waals surface area (Å²) >= 11 is 1.87. The summed E-state index contributed by atoms with van der Waals surface area (Å²) in [7, 11) is -1.32. The maximum Gasteiger partial charge on any atom is 0.129 e. The summed E-state index contributed by atoms with van der Waals surface area (Å²) in [4.78, 5) is 5.28. The van der Waals surface area contributed by atoms with Crippen molar-refractivity contribution in [1.82, 2.24) is 4.90 Å². The molecule has 0 saturated carbocycles. The number of hydrogen-bond acceptors (Lipinski definition) is 2. The normalized spacial score (nSPS) is 11.3. The summed E-state index contributed by atoms with van der Waals surface area (Å²) in [6, 6.07) is 26.1. The molecule has 0 radical (unpaired) electrons. The van der Waals surface area contributed by atoms with Crippen LogP contribution in [0.5, 0.6) is 0 Å². The largest absolute Gasteiger partial charge is 0.302 e. The van der Waals surface area contributed by atoms with Gasteiger partial charge in [0.1, 0.15) is 8.07 Å². The Morgan fingerprint density at radius 1 is 0.700 bits per heavy atom. The zero-order valence-electron chi connectivity index (χ0n) is 18.5. The summed E-state index contributed by atoms with van der Waals surface area (Å²) in [5.41, 5.74) is 6.32. The van der Waals surface area contributed by atoms with Crippen LogP contribution in [0.25, 0.3) is 0 Å². The van der Waals surface area contributed by atoms with Crippen LogP contribution in [0.2, 0.25) is 19.6 Å². The van der Waals surface area contributed by atoms with E-state index in [9.17, 15) is 0 Å². The van der Waals surface area contributed by atoms with Gasteiger partial charge in [0.05, 0.1) is 4.88 Å². The summed E-state index contributed by atoms with van der Waals surface area (Å²) < 4.78 is 0. The zero-order chi connectivity index (χ0) is 21.2. The average molecular weight is 432 g/mol. The molecule has 0 atom stereocenters. The van der Waals surface area contributed by atoms with E-state index >= 15 is 0 Å². The van der Waals surface area contributed by atoms with Crippen molar-refractivity contribution in [1.29, 1.82) is 0 Å². The van der Waals surface area contributed by atoms with Crippen molar-refractivity contribution >= 4 is 19.4 Å². The molecule has 1 aromatic heterocycles. The first kappa shape index (κ1) is 22.6. The van der Waals surface area contributed by atoms with E-state index in [4.69, 9.17) is 0 Å². The van der Waals surface area contributed by atoms with Gasteiger partial charge in [-0.1, -0.05) is 86.2 Å². The Labute approximate surface area is 187 Å². The second-order valence-electron chi connectivity index (χ2n) is 8.83. The van der Waals surface area contributed by atoms with Crippen LogP contribution in [0, 0.1) is 11.5 Å². The Bertz CT molecular complexity index is 902. The van der Waals surface area contributed by atoms with Crippen molar-refractivity contribution < 1.29 is 0 Å². The van der Waals surface area contributed by atoms with Crippen LogP contribution in [0.4, 0.5) is 0 Å². The lowest BCUT2D eigenvalue weighted by Crippen LogP contribution is -2.30. The Morgan fingerprint density at radius 2 is 1.23 bits per heavy atom. The first-order valence-corrected chi connectivity index (χ1v) is 15.2. The van der Waals surface area contributed by atoms with Crippen LogP contribution in [0.15, 0.2) is 72.8 Å². The summed E-state index contributed by atoms with van der Waals surface area (Å²) in [5, 5.41) is 0. The fourth-order valence-electron chi connectivity index (χ4n) is 3.30. The highest BCUT2D eigenvalue weighted by Gasteiger charge is 2.09. The second kappa shape index (κ2) is 11.3. The van der Waals surface area contributed by atoms with E-state index in [1.165, 1.54) is 20.9 Å². The molecule has 0 bridgehead atoms. The molecule has 156 valence electrons. The number of nitrogens with zero attached hydrogens (tertiary/aromatic N) is 1. The fraction of sp³-hybridized carbons (Fsp3) is 0.333. The molecule has 0 aliphatic heterocycles. The lowest BCUT2D eigenvalue weighted by atomic mass is 10.1. The second-order valence-corrected chi connectivity index (χ2v) is 14.7. The minimum absolute atomic E-state index is 1.10. The minimum Gasteiger partial charge on any atom is -0.302 e.